The van der Waals surface area contributed by atoms with Gasteiger partial charge in [0.05, 0.1) is 0 Å². The maximum Gasteiger partial charge on any atom is 0.0125 e. The van der Waals surface area contributed by atoms with Crippen LogP contribution in [0.1, 0.15) is 48.0 Å². The maximum absolute atomic E-state index is 2.62. The zero-order valence-corrected chi connectivity index (χ0v) is 10.1. The molecule has 0 aromatic rings. The minimum atomic E-state index is 0.345. The van der Waals surface area contributed by atoms with Gasteiger partial charge in [0.1, 0.15) is 0 Å². The van der Waals surface area contributed by atoms with E-state index in [1.165, 1.54) is 19.5 Å². The van der Waals surface area contributed by atoms with Gasteiger partial charge in [-0.15, -0.1) is 0 Å². The fourth-order valence-electron chi connectivity index (χ4n) is 2.04. The first-order chi connectivity index (χ1) is 5.73. The van der Waals surface area contributed by atoms with Crippen LogP contribution in [0.4, 0.5) is 0 Å². The summed E-state index contributed by atoms with van der Waals surface area (Å²) in [5.74, 6) is 0.867. The fourth-order valence-corrected chi connectivity index (χ4v) is 2.04. The van der Waals surface area contributed by atoms with Crippen LogP contribution in [0.2, 0.25) is 0 Å². The van der Waals surface area contributed by atoms with Crippen molar-refractivity contribution in [3.8, 4) is 0 Å². The molecular weight excluding hydrogens is 158 g/mol. The predicted octanol–water partition coefficient (Wildman–Crippen LogP) is 3.15. The summed E-state index contributed by atoms with van der Waals surface area (Å²) >= 11 is 0. The van der Waals surface area contributed by atoms with E-state index in [-0.39, 0.29) is 0 Å². The molecule has 0 amide bonds. The highest BCUT2D eigenvalue weighted by Gasteiger charge is 2.36. The number of hydrogen-bond donors (Lipinski definition) is 0. The van der Waals surface area contributed by atoms with E-state index in [0.717, 1.165) is 5.92 Å². The predicted molar refractivity (Wildman–Crippen MR) is 58.9 cm³/mol. The lowest BCUT2D eigenvalue weighted by Crippen LogP contribution is -2.52. The van der Waals surface area contributed by atoms with Crippen LogP contribution in [0.3, 0.4) is 0 Å². The lowest BCUT2D eigenvalue weighted by atomic mass is 9.74. The molecule has 1 heteroatoms. The number of likely N-dealkylation sites (tertiary alicyclic amines) is 1. The van der Waals surface area contributed by atoms with Gasteiger partial charge in [0.15, 0.2) is 0 Å². The molecule has 1 saturated heterocycles. The molecule has 1 aliphatic heterocycles. The van der Waals surface area contributed by atoms with Crippen LogP contribution < -0.4 is 0 Å². The van der Waals surface area contributed by atoms with Gasteiger partial charge in [0, 0.05) is 12.1 Å². The third-order valence-electron chi connectivity index (χ3n) is 3.71. The monoisotopic (exact) mass is 183 g/mol. The average molecular weight is 183 g/mol. The van der Waals surface area contributed by atoms with E-state index in [1.807, 2.05) is 0 Å². The number of hydrogen-bond acceptors (Lipinski definition) is 1. The van der Waals surface area contributed by atoms with Crippen molar-refractivity contribution in [2.24, 2.45) is 11.3 Å². The highest BCUT2D eigenvalue weighted by Crippen LogP contribution is 2.36. The molecule has 0 radical (unpaired) electrons. The van der Waals surface area contributed by atoms with Gasteiger partial charge in [-0.3, -0.25) is 4.90 Å². The first-order valence-electron chi connectivity index (χ1n) is 5.48. The third-order valence-corrected chi connectivity index (χ3v) is 3.71. The molecule has 1 fully saturated rings. The van der Waals surface area contributed by atoms with Gasteiger partial charge >= 0.3 is 0 Å². The van der Waals surface area contributed by atoms with Crippen molar-refractivity contribution >= 4 is 0 Å². The highest BCUT2D eigenvalue weighted by molar-refractivity contribution is 4.89. The molecule has 0 aromatic carbocycles. The van der Waals surface area contributed by atoms with E-state index in [9.17, 15) is 0 Å². The lowest BCUT2D eigenvalue weighted by Gasteiger charge is -2.48. The van der Waals surface area contributed by atoms with E-state index in [4.69, 9.17) is 0 Å². The molecule has 0 spiro atoms. The van der Waals surface area contributed by atoms with E-state index >= 15 is 0 Å². The van der Waals surface area contributed by atoms with Gasteiger partial charge in [-0.1, -0.05) is 20.8 Å². The Hall–Kier alpha value is -0.0400. The zero-order chi connectivity index (χ0) is 10.3. The Kier molecular flexibility index (Phi) is 2.78. The highest BCUT2D eigenvalue weighted by atomic mass is 15.2. The summed E-state index contributed by atoms with van der Waals surface area (Å²) in [5.41, 5.74) is 0.836. The quantitative estimate of drug-likeness (QED) is 0.557. The fraction of sp³-hybridized carbons (Fsp3) is 1.00. The molecule has 0 aromatic heterocycles. The van der Waals surface area contributed by atoms with Crippen LogP contribution in [0.5, 0.6) is 0 Å². The van der Waals surface area contributed by atoms with Crippen LogP contribution in [-0.4, -0.2) is 23.5 Å². The van der Waals surface area contributed by atoms with E-state index < -0.39 is 0 Å². The summed E-state index contributed by atoms with van der Waals surface area (Å²) < 4.78 is 0. The molecule has 0 aliphatic carbocycles. The first kappa shape index (κ1) is 11.0. The van der Waals surface area contributed by atoms with Gasteiger partial charge in [-0.05, 0) is 45.1 Å². The molecule has 1 nitrogen and oxygen atoms in total. The molecule has 0 bridgehead atoms. The average Bonchev–Trinajstić information content (AvgIpc) is 1.92. The van der Waals surface area contributed by atoms with Crippen LogP contribution in [0.25, 0.3) is 0 Å². The summed E-state index contributed by atoms with van der Waals surface area (Å²) in [6.45, 7) is 16.7. The number of nitrogens with zero attached hydrogens (tertiary/aromatic N) is 1. The molecule has 1 aliphatic rings. The van der Waals surface area contributed by atoms with E-state index in [0.29, 0.717) is 11.0 Å². The first-order valence-corrected chi connectivity index (χ1v) is 5.48. The molecule has 0 N–H and O–H groups in total. The molecule has 0 saturated carbocycles. The van der Waals surface area contributed by atoms with Crippen LogP contribution in [0, 0.1) is 11.3 Å². The zero-order valence-electron chi connectivity index (χ0n) is 10.1. The van der Waals surface area contributed by atoms with E-state index in [2.05, 4.69) is 46.4 Å². The molecule has 13 heavy (non-hydrogen) atoms. The van der Waals surface area contributed by atoms with Crippen molar-refractivity contribution in [2.75, 3.05) is 13.1 Å². The Labute approximate surface area is 83.5 Å². The standard InChI is InChI=1S/C12H25N/c1-10-7-8-13(11(2,3)4)9-12(10,5)6/h10H,7-9H2,1-6H3. The Morgan fingerprint density at radius 3 is 2.15 bits per heavy atom. The summed E-state index contributed by atoms with van der Waals surface area (Å²) in [7, 11) is 0. The molecule has 1 heterocycles. The van der Waals surface area contributed by atoms with Crippen molar-refractivity contribution in [1.82, 2.24) is 4.90 Å². The number of piperidine rings is 1. The van der Waals surface area contributed by atoms with Crippen molar-refractivity contribution in [2.45, 2.75) is 53.5 Å². The molecular formula is C12H25N. The molecule has 1 rings (SSSR count). The Morgan fingerprint density at radius 1 is 1.23 bits per heavy atom. The topological polar surface area (TPSA) is 3.24 Å². The lowest BCUT2D eigenvalue weighted by molar-refractivity contribution is 0.00899. The Morgan fingerprint density at radius 2 is 1.77 bits per heavy atom. The van der Waals surface area contributed by atoms with Crippen LogP contribution in [0.15, 0.2) is 0 Å². The van der Waals surface area contributed by atoms with Crippen molar-refractivity contribution in [3.05, 3.63) is 0 Å². The largest absolute Gasteiger partial charge is 0.298 e. The second-order valence-corrected chi connectivity index (χ2v) is 6.27. The minimum absolute atomic E-state index is 0.345. The Bertz CT molecular complexity index is 176. The number of rotatable bonds is 0. The SMILES string of the molecule is CC1CCN(C(C)(C)C)CC1(C)C. The summed E-state index contributed by atoms with van der Waals surface area (Å²) in [5, 5.41) is 0. The van der Waals surface area contributed by atoms with Gasteiger partial charge in [0.25, 0.3) is 0 Å². The maximum atomic E-state index is 2.62. The summed E-state index contributed by atoms with van der Waals surface area (Å²) in [6, 6.07) is 0. The van der Waals surface area contributed by atoms with Gasteiger partial charge in [-0.2, -0.15) is 0 Å². The summed E-state index contributed by atoms with van der Waals surface area (Å²) in [4.78, 5) is 2.62. The Balaban J connectivity index is 2.66. The van der Waals surface area contributed by atoms with E-state index in [1.54, 1.807) is 0 Å². The normalized spacial score (nSPS) is 30.5. The van der Waals surface area contributed by atoms with Gasteiger partial charge < -0.3 is 0 Å². The minimum Gasteiger partial charge on any atom is -0.298 e. The smallest absolute Gasteiger partial charge is 0.0125 e. The molecule has 78 valence electrons. The van der Waals surface area contributed by atoms with Gasteiger partial charge in [-0.25, -0.2) is 0 Å². The van der Waals surface area contributed by atoms with Crippen molar-refractivity contribution in [1.29, 1.82) is 0 Å². The summed E-state index contributed by atoms with van der Waals surface area (Å²) in [6.07, 6.45) is 1.35. The van der Waals surface area contributed by atoms with Crippen molar-refractivity contribution in [3.63, 3.8) is 0 Å². The van der Waals surface area contributed by atoms with Crippen LogP contribution >= 0.6 is 0 Å². The van der Waals surface area contributed by atoms with Gasteiger partial charge in [0.2, 0.25) is 0 Å². The second-order valence-electron chi connectivity index (χ2n) is 6.27. The molecule has 1 unspecified atom stereocenters. The third kappa shape index (κ3) is 2.46. The van der Waals surface area contributed by atoms with Crippen LogP contribution in [-0.2, 0) is 0 Å². The molecule has 1 atom stereocenters. The van der Waals surface area contributed by atoms with Crippen molar-refractivity contribution < 1.29 is 0 Å². The second kappa shape index (κ2) is 3.27.